The SMILES string of the molecule is COc1ccc(N2CCN(c3ccc(C4SCCS4)cc3[N+](=O)[O-])CC2)cc1. The van der Waals surface area contributed by atoms with Crippen molar-refractivity contribution in [2.75, 3.05) is 54.6 Å². The van der Waals surface area contributed by atoms with Crippen LogP contribution in [-0.4, -0.2) is 49.7 Å². The molecule has 2 heterocycles. The lowest BCUT2D eigenvalue weighted by Crippen LogP contribution is -2.46. The lowest BCUT2D eigenvalue weighted by molar-refractivity contribution is -0.384. The number of nitro benzene ring substituents is 1. The molecule has 0 atom stereocenters. The highest BCUT2D eigenvalue weighted by atomic mass is 32.2. The van der Waals surface area contributed by atoms with Gasteiger partial charge < -0.3 is 14.5 Å². The average molecular weight is 418 g/mol. The van der Waals surface area contributed by atoms with Gasteiger partial charge in [-0.05, 0) is 35.9 Å². The first kappa shape index (κ1) is 19.3. The number of ether oxygens (including phenoxy) is 1. The minimum Gasteiger partial charge on any atom is -0.497 e. The summed E-state index contributed by atoms with van der Waals surface area (Å²) in [6.45, 7) is 3.19. The summed E-state index contributed by atoms with van der Waals surface area (Å²) in [6.07, 6.45) is 0. The summed E-state index contributed by atoms with van der Waals surface area (Å²) in [5.41, 5.74) is 3.17. The third kappa shape index (κ3) is 4.03. The molecular weight excluding hydrogens is 394 g/mol. The second-order valence-corrected chi connectivity index (χ2v) is 9.48. The topological polar surface area (TPSA) is 58.8 Å². The van der Waals surface area contributed by atoms with Crippen molar-refractivity contribution in [1.82, 2.24) is 0 Å². The van der Waals surface area contributed by atoms with Gasteiger partial charge in [0.2, 0.25) is 0 Å². The molecule has 0 aromatic heterocycles. The Morgan fingerprint density at radius 3 is 2.25 bits per heavy atom. The Morgan fingerprint density at radius 2 is 1.64 bits per heavy atom. The van der Waals surface area contributed by atoms with Crippen molar-refractivity contribution in [3.63, 3.8) is 0 Å². The number of piperazine rings is 1. The highest BCUT2D eigenvalue weighted by Crippen LogP contribution is 2.47. The number of rotatable bonds is 5. The van der Waals surface area contributed by atoms with Crippen LogP contribution in [0.2, 0.25) is 0 Å². The quantitative estimate of drug-likeness (QED) is 0.527. The van der Waals surface area contributed by atoms with Crippen molar-refractivity contribution >= 4 is 40.6 Å². The van der Waals surface area contributed by atoms with E-state index in [4.69, 9.17) is 4.74 Å². The predicted molar refractivity (Wildman–Crippen MR) is 118 cm³/mol. The van der Waals surface area contributed by atoms with E-state index in [1.54, 1.807) is 13.2 Å². The van der Waals surface area contributed by atoms with E-state index in [2.05, 4.69) is 28.0 Å². The molecule has 0 saturated carbocycles. The summed E-state index contributed by atoms with van der Waals surface area (Å²) < 4.78 is 5.54. The minimum absolute atomic E-state index is 0.225. The van der Waals surface area contributed by atoms with Crippen LogP contribution in [0.4, 0.5) is 17.1 Å². The number of benzene rings is 2. The number of nitro groups is 1. The van der Waals surface area contributed by atoms with Gasteiger partial charge in [0, 0.05) is 49.4 Å². The molecule has 0 unspecified atom stereocenters. The molecule has 2 fully saturated rings. The Bertz CT molecular complexity index is 833. The summed E-state index contributed by atoms with van der Waals surface area (Å²) in [5.74, 6) is 3.06. The molecular formula is C20H23N3O3S2. The summed E-state index contributed by atoms with van der Waals surface area (Å²) in [7, 11) is 1.66. The number of anilines is 2. The molecule has 2 aliphatic rings. The van der Waals surface area contributed by atoms with Crippen molar-refractivity contribution < 1.29 is 9.66 Å². The smallest absolute Gasteiger partial charge is 0.292 e. The molecule has 4 rings (SSSR count). The van der Waals surface area contributed by atoms with E-state index in [1.165, 1.54) is 0 Å². The summed E-state index contributed by atoms with van der Waals surface area (Å²) in [5, 5.41) is 11.7. The number of thioether (sulfide) groups is 2. The number of methoxy groups -OCH3 is 1. The van der Waals surface area contributed by atoms with E-state index in [9.17, 15) is 10.1 Å². The molecule has 0 aliphatic carbocycles. The molecule has 8 heteroatoms. The van der Waals surface area contributed by atoms with Gasteiger partial charge in [-0.15, -0.1) is 23.5 Å². The second kappa shape index (κ2) is 8.53. The van der Waals surface area contributed by atoms with Gasteiger partial charge in [0.1, 0.15) is 11.4 Å². The predicted octanol–water partition coefficient (Wildman–Crippen LogP) is 4.41. The zero-order valence-electron chi connectivity index (χ0n) is 15.7. The maximum atomic E-state index is 11.7. The number of nitrogens with zero attached hydrogens (tertiary/aromatic N) is 3. The van der Waals surface area contributed by atoms with Gasteiger partial charge in [-0.1, -0.05) is 6.07 Å². The van der Waals surface area contributed by atoms with E-state index in [-0.39, 0.29) is 10.6 Å². The van der Waals surface area contributed by atoms with Crippen LogP contribution in [0.25, 0.3) is 0 Å². The highest BCUT2D eigenvalue weighted by molar-refractivity contribution is 8.19. The van der Waals surface area contributed by atoms with Crippen LogP contribution >= 0.6 is 23.5 Å². The third-order valence-corrected chi connectivity index (χ3v) is 8.25. The maximum absolute atomic E-state index is 11.7. The van der Waals surface area contributed by atoms with Crippen molar-refractivity contribution in [2.24, 2.45) is 0 Å². The molecule has 2 aromatic rings. The van der Waals surface area contributed by atoms with Crippen LogP contribution in [0.1, 0.15) is 10.1 Å². The minimum atomic E-state index is -0.237. The van der Waals surface area contributed by atoms with Gasteiger partial charge >= 0.3 is 0 Å². The first-order valence-electron chi connectivity index (χ1n) is 9.31. The molecule has 6 nitrogen and oxygen atoms in total. The monoisotopic (exact) mass is 417 g/mol. The van der Waals surface area contributed by atoms with Gasteiger partial charge in [0.25, 0.3) is 5.69 Å². The normalized spacial score (nSPS) is 17.8. The van der Waals surface area contributed by atoms with E-state index in [0.29, 0.717) is 4.58 Å². The zero-order chi connectivity index (χ0) is 19.5. The van der Waals surface area contributed by atoms with Gasteiger partial charge in [0.05, 0.1) is 16.6 Å². The van der Waals surface area contributed by atoms with E-state index < -0.39 is 0 Å². The van der Waals surface area contributed by atoms with Crippen LogP contribution in [0.5, 0.6) is 5.75 Å². The van der Waals surface area contributed by atoms with Crippen LogP contribution in [0, 0.1) is 10.1 Å². The van der Waals surface area contributed by atoms with Crippen LogP contribution in [0.15, 0.2) is 42.5 Å². The fourth-order valence-corrected chi connectivity index (χ4v) is 6.49. The molecule has 0 bridgehead atoms. The fourth-order valence-electron chi connectivity index (χ4n) is 3.65. The molecule has 0 radical (unpaired) electrons. The fraction of sp³-hybridized carbons (Fsp3) is 0.400. The Hall–Kier alpha value is -2.06. The Kier molecular flexibility index (Phi) is 5.87. The molecule has 0 N–H and O–H groups in total. The van der Waals surface area contributed by atoms with Gasteiger partial charge in [-0.2, -0.15) is 0 Å². The molecule has 2 aromatic carbocycles. The second-order valence-electron chi connectivity index (χ2n) is 6.75. The zero-order valence-corrected chi connectivity index (χ0v) is 17.4. The molecule has 148 valence electrons. The number of hydrogen-bond acceptors (Lipinski definition) is 7. The molecule has 28 heavy (non-hydrogen) atoms. The van der Waals surface area contributed by atoms with Crippen molar-refractivity contribution in [3.05, 3.63) is 58.1 Å². The Morgan fingerprint density at radius 1 is 1.00 bits per heavy atom. The van der Waals surface area contributed by atoms with Crippen molar-refractivity contribution in [2.45, 2.75) is 4.58 Å². The summed E-state index contributed by atoms with van der Waals surface area (Å²) in [4.78, 5) is 15.9. The lowest BCUT2D eigenvalue weighted by atomic mass is 10.1. The van der Waals surface area contributed by atoms with Crippen LogP contribution < -0.4 is 14.5 Å². The van der Waals surface area contributed by atoms with Crippen molar-refractivity contribution in [3.8, 4) is 5.75 Å². The Labute approximate surface area is 173 Å². The first-order valence-corrected chi connectivity index (χ1v) is 11.4. The van der Waals surface area contributed by atoms with E-state index >= 15 is 0 Å². The highest BCUT2D eigenvalue weighted by Gasteiger charge is 2.27. The van der Waals surface area contributed by atoms with Crippen LogP contribution in [0.3, 0.4) is 0 Å². The van der Waals surface area contributed by atoms with E-state index in [1.807, 2.05) is 41.7 Å². The standard InChI is InChI=1S/C20H23N3O3S2/c1-26-17-5-3-16(4-6-17)21-8-10-22(11-9-21)18-7-2-15(14-19(18)23(24)25)20-27-12-13-28-20/h2-7,14,20H,8-13H2,1H3. The van der Waals surface area contributed by atoms with Gasteiger partial charge in [-0.3, -0.25) is 10.1 Å². The molecule has 0 amide bonds. The van der Waals surface area contributed by atoms with E-state index in [0.717, 1.165) is 60.4 Å². The lowest BCUT2D eigenvalue weighted by Gasteiger charge is -2.37. The Balaban J connectivity index is 1.48. The van der Waals surface area contributed by atoms with Crippen molar-refractivity contribution in [1.29, 1.82) is 0 Å². The average Bonchev–Trinajstić information content (AvgIpc) is 3.28. The van der Waals surface area contributed by atoms with Gasteiger partial charge in [-0.25, -0.2) is 0 Å². The molecule has 2 saturated heterocycles. The first-order chi connectivity index (χ1) is 13.7. The summed E-state index contributed by atoms with van der Waals surface area (Å²) in [6, 6.07) is 13.8. The largest absolute Gasteiger partial charge is 0.497 e. The molecule has 0 spiro atoms. The van der Waals surface area contributed by atoms with Gasteiger partial charge in [0.15, 0.2) is 0 Å². The molecule has 2 aliphatic heterocycles. The number of hydrogen-bond donors (Lipinski definition) is 0. The third-order valence-electron chi connectivity index (χ3n) is 5.15. The maximum Gasteiger partial charge on any atom is 0.292 e. The van der Waals surface area contributed by atoms with Crippen LogP contribution in [-0.2, 0) is 0 Å². The summed E-state index contributed by atoms with van der Waals surface area (Å²) >= 11 is 3.74.